The lowest BCUT2D eigenvalue weighted by molar-refractivity contribution is -0.155. The smallest absolute Gasteiger partial charge is 0.309 e. The van der Waals surface area contributed by atoms with Crippen LogP contribution >= 0.6 is 0 Å². The average molecular weight is 314 g/mol. The van der Waals surface area contributed by atoms with Crippen LogP contribution in [-0.4, -0.2) is 25.2 Å². The zero-order chi connectivity index (χ0) is 17.0. The summed E-state index contributed by atoms with van der Waals surface area (Å²) in [7, 11) is 0. The summed E-state index contributed by atoms with van der Waals surface area (Å²) in [5.41, 5.74) is 0. The second-order valence-corrected chi connectivity index (χ2v) is 6.80. The SMILES string of the molecule is CCCCC(CC(=O)OCCC(C)C)C(=O)OCCC(C)C. The molecule has 130 valence electrons. The molecule has 0 bridgehead atoms. The molecule has 0 rings (SSSR count). The highest BCUT2D eigenvalue weighted by Crippen LogP contribution is 2.17. The molecule has 0 aromatic rings. The van der Waals surface area contributed by atoms with Crippen LogP contribution in [0.3, 0.4) is 0 Å². The summed E-state index contributed by atoms with van der Waals surface area (Å²) in [6.07, 6.45) is 4.45. The van der Waals surface area contributed by atoms with E-state index in [0.717, 1.165) is 25.7 Å². The van der Waals surface area contributed by atoms with Gasteiger partial charge in [-0.15, -0.1) is 0 Å². The first-order chi connectivity index (χ1) is 10.4. The molecular weight excluding hydrogens is 280 g/mol. The molecule has 0 amide bonds. The summed E-state index contributed by atoms with van der Waals surface area (Å²) in [6.45, 7) is 11.3. The van der Waals surface area contributed by atoms with Crippen molar-refractivity contribution in [2.75, 3.05) is 13.2 Å². The molecule has 0 saturated heterocycles. The topological polar surface area (TPSA) is 52.6 Å². The van der Waals surface area contributed by atoms with Crippen LogP contribution in [0.2, 0.25) is 0 Å². The Kier molecular flexibility index (Phi) is 11.9. The van der Waals surface area contributed by atoms with E-state index in [4.69, 9.17) is 9.47 Å². The van der Waals surface area contributed by atoms with Crippen molar-refractivity contribution in [2.24, 2.45) is 17.8 Å². The largest absolute Gasteiger partial charge is 0.466 e. The lowest BCUT2D eigenvalue weighted by Crippen LogP contribution is -2.23. The first-order valence-corrected chi connectivity index (χ1v) is 8.69. The highest BCUT2D eigenvalue weighted by Gasteiger charge is 2.23. The molecule has 0 aliphatic carbocycles. The van der Waals surface area contributed by atoms with Crippen molar-refractivity contribution in [3.05, 3.63) is 0 Å². The lowest BCUT2D eigenvalue weighted by Gasteiger charge is -2.16. The normalized spacial score (nSPS) is 12.5. The van der Waals surface area contributed by atoms with E-state index >= 15 is 0 Å². The number of esters is 2. The van der Waals surface area contributed by atoms with Crippen molar-refractivity contribution in [3.63, 3.8) is 0 Å². The Bertz CT molecular complexity index is 310. The quantitative estimate of drug-likeness (QED) is 0.502. The van der Waals surface area contributed by atoms with Gasteiger partial charge in [-0.2, -0.15) is 0 Å². The molecule has 0 heterocycles. The zero-order valence-corrected chi connectivity index (χ0v) is 15.0. The molecule has 0 spiro atoms. The van der Waals surface area contributed by atoms with Gasteiger partial charge < -0.3 is 9.47 Å². The van der Waals surface area contributed by atoms with Crippen molar-refractivity contribution in [3.8, 4) is 0 Å². The van der Waals surface area contributed by atoms with Gasteiger partial charge in [0.25, 0.3) is 0 Å². The monoisotopic (exact) mass is 314 g/mol. The van der Waals surface area contributed by atoms with Gasteiger partial charge in [-0.05, 0) is 31.1 Å². The van der Waals surface area contributed by atoms with Crippen LogP contribution in [0.5, 0.6) is 0 Å². The number of rotatable bonds is 12. The molecule has 0 saturated carbocycles. The Morgan fingerprint density at radius 3 is 1.91 bits per heavy atom. The molecule has 4 heteroatoms. The lowest BCUT2D eigenvalue weighted by atomic mass is 9.98. The van der Waals surface area contributed by atoms with E-state index in [2.05, 4.69) is 34.6 Å². The minimum Gasteiger partial charge on any atom is -0.466 e. The summed E-state index contributed by atoms with van der Waals surface area (Å²) in [6, 6.07) is 0. The molecule has 4 nitrogen and oxygen atoms in total. The highest BCUT2D eigenvalue weighted by molar-refractivity contribution is 5.79. The predicted octanol–water partition coefficient (Wildman–Crippen LogP) is 4.36. The van der Waals surface area contributed by atoms with Crippen molar-refractivity contribution in [1.29, 1.82) is 0 Å². The summed E-state index contributed by atoms with van der Waals surface area (Å²) in [5.74, 6) is 0.101. The molecule has 0 fully saturated rings. The van der Waals surface area contributed by atoms with E-state index in [1.165, 1.54) is 0 Å². The summed E-state index contributed by atoms with van der Waals surface area (Å²) >= 11 is 0. The second-order valence-electron chi connectivity index (χ2n) is 6.80. The van der Waals surface area contributed by atoms with Gasteiger partial charge in [-0.25, -0.2) is 0 Å². The third-order valence-corrected chi connectivity index (χ3v) is 3.55. The molecule has 0 aliphatic rings. The van der Waals surface area contributed by atoms with Crippen LogP contribution in [0, 0.1) is 17.8 Å². The Morgan fingerprint density at radius 1 is 0.864 bits per heavy atom. The number of ether oxygens (including phenoxy) is 2. The fraction of sp³-hybridized carbons (Fsp3) is 0.889. The minimum atomic E-state index is -0.362. The molecule has 22 heavy (non-hydrogen) atoms. The van der Waals surface area contributed by atoms with Crippen molar-refractivity contribution < 1.29 is 19.1 Å². The van der Waals surface area contributed by atoms with Crippen molar-refractivity contribution >= 4 is 11.9 Å². The average Bonchev–Trinajstić information content (AvgIpc) is 2.42. The van der Waals surface area contributed by atoms with Crippen LogP contribution < -0.4 is 0 Å². The van der Waals surface area contributed by atoms with Crippen LogP contribution in [0.15, 0.2) is 0 Å². The van der Waals surface area contributed by atoms with Crippen LogP contribution in [0.4, 0.5) is 0 Å². The summed E-state index contributed by atoms with van der Waals surface area (Å²) in [4.78, 5) is 24.0. The third-order valence-electron chi connectivity index (χ3n) is 3.55. The maximum Gasteiger partial charge on any atom is 0.309 e. The Hall–Kier alpha value is -1.06. The van der Waals surface area contributed by atoms with Gasteiger partial charge in [-0.3, -0.25) is 9.59 Å². The molecule has 0 N–H and O–H groups in total. The van der Waals surface area contributed by atoms with Gasteiger partial charge >= 0.3 is 11.9 Å². The fourth-order valence-corrected chi connectivity index (χ4v) is 1.94. The van der Waals surface area contributed by atoms with Crippen LogP contribution in [0.1, 0.15) is 73.1 Å². The Labute approximate surface area is 135 Å². The maximum absolute atomic E-state index is 12.1. The number of carbonyl (C=O) groups excluding carboxylic acids is 2. The predicted molar refractivity (Wildman–Crippen MR) is 88.5 cm³/mol. The highest BCUT2D eigenvalue weighted by atomic mass is 16.5. The van der Waals surface area contributed by atoms with E-state index in [-0.39, 0.29) is 24.3 Å². The molecule has 0 aliphatic heterocycles. The standard InChI is InChI=1S/C18H34O4/c1-6-7-8-16(18(20)22-12-10-15(4)5)13-17(19)21-11-9-14(2)3/h14-16H,6-13H2,1-5H3. The van der Waals surface area contributed by atoms with E-state index in [1.54, 1.807) is 0 Å². The van der Waals surface area contributed by atoms with Gasteiger partial charge in [0.05, 0.1) is 25.6 Å². The molecular formula is C18H34O4. The maximum atomic E-state index is 12.1. The van der Waals surface area contributed by atoms with Gasteiger partial charge in [0.1, 0.15) is 0 Å². The summed E-state index contributed by atoms with van der Waals surface area (Å²) in [5, 5.41) is 0. The number of unbranched alkanes of at least 4 members (excludes halogenated alkanes) is 1. The van der Waals surface area contributed by atoms with Gasteiger partial charge in [0, 0.05) is 0 Å². The number of hydrogen-bond acceptors (Lipinski definition) is 4. The summed E-state index contributed by atoms with van der Waals surface area (Å²) < 4.78 is 10.5. The first kappa shape index (κ1) is 20.9. The van der Waals surface area contributed by atoms with E-state index < -0.39 is 0 Å². The Balaban J connectivity index is 4.24. The number of hydrogen-bond donors (Lipinski definition) is 0. The van der Waals surface area contributed by atoms with Crippen molar-refractivity contribution in [1.82, 2.24) is 0 Å². The fourth-order valence-electron chi connectivity index (χ4n) is 1.94. The molecule has 0 aromatic carbocycles. The van der Waals surface area contributed by atoms with Crippen LogP contribution in [-0.2, 0) is 19.1 Å². The van der Waals surface area contributed by atoms with E-state index in [9.17, 15) is 9.59 Å². The molecule has 1 unspecified atom stereocenters. The Morgan fingerprint density at radius 2 is 1.41 bits per heavy atom. The number of carbonyl (C=O) groups is 2. The third kappa shape index (κ3) is 11.6. The zero-order valence-electron chi connectivity index (χ0n) is 15.0. The van der Waals surface area contributed by atoms with E-state index in [0.29, 0.717) is 31.5 Å². The van der Waals surface area contributed by atoms with Crippen LogP contribution in [0.25, 0.3) is 0 Å². The van der Waals surface area contributed by atoms with Gasteiger partial charge in [-0.1, -0.05) is 47.5 Å². The van der Waals surface area contributed by atoms with Gasteiger partial charge in [0.15, 0.2) is 0 Å². The van der Waals surface area contributed by atoms with Gasteiger partial charge in [0.2, 0.25) is 0 Å². The minimum absolute atomic E-state index is 0.138. The first-order valence-electron chi connectivity index (χ1n) is 8.69. The van der Waals surface area contributed by atoms with Crippen molar-refractivity contribution in [2.45, 2.75) is 73.1 Å². The van der Waals surface area contributed by atoms with E-state index in [1.807, 2.05) is 0 Å². The second kappa shape index (κ2) is 12.5. The molecule has 0 radical (unpaired) electrons. The molecule has 0 aromatic heterocycles. The molecule has 1 atom stereocenters.